The third kappa shape index (κ3) is 5.57. The number of aliphatic imine (C=N–C) groups is 1. The standard InChI is InChI=1S/C12H21N3.C11H22N2/c1-8(2)15-10(9-6-7-9)13-14-11(15)12(3,4)5;1-9(2)13-8-6-7-12-10(13)11(3,4)5/h8-9H,6-7H2,1-5H3;9H,6-8H2,1-5H3. The largest absolute Gasteiger partial charge is 0.357 e. The second kappa shape index (κ2) is 8.54. The minimum atomic E-state index is 0.0877. The molecule has 0 atom stereocenters. The molecule has 0 amide bonds. The third-order valence-corrected chi connectivity index (χ3v) is 5.24. The Balaban J connectivity index is 0.000000203. The van der Waals surface area contributed by atoms with Crippen LogP contribution in [0.2, 0.25) is 0 Å². The van der Waals surface area contributed by atoms with Crippen LogP contribution in [0.5, 0.6) is 0 Å². The molecular weight excluding hydrogens is 346 g/mol. The molecule has 0 aromatic carbocycles. The van der Waals surface area contributed by atoms with Crippen LogP contribution in [0.1, 0.15) is 112 Å². The van der Waals surface area contributed by atoms with Crippen LogP contribution in [-0.2, 0) is 5.41 Å². The van der Waals surface area contributed by atoms with E-state index in [4.69, 9.17) is 0 Å². The predicted octanol–water partition coefficient (Wildman–Crippen LogP) is 5.58. The van der Waals surface area contributed by atoms with Crippen LogP contribution in [0.3, 0.4) is 0 Å². The number of hydrogen-bond acceptors (Lipinski definition) is 4. The fourth-order valence-corrected chi connectivity index (χ4v) is 3.74. The molecule has 1 aliphatic carbocycles. The number of amidine groups is 1. The lowest BCUT2D eigenvalue weighted by atomic mass is 9.92. The van der Waals surface area contributed by atoms with Crippen molar-refractivity contribution < 1.29 is 0 Å². The average Bonchev–Trinajstić information content (AvgIpc) is 3.30. The van der Waals surface area contributed by atoms with E-state index in [0.29, 0.717) is 18.0 Å². The molecule has 1 aliphatic heterocycles. The molecule has 0 saturated heterocycles. The van der Waals surface area contributed by atoms with Gasteiger partial charge in [-0.15, -0.1) is 10.2 Å². The Hall–Kier alpha value is -1.39. The molecule has 0 unspecified atom stereocenters. The Morgan fingerprint density at radius 1 is 0.857 bits per heavy atom. The minimum Gasteiger partial charge on any atom is -0.357 e. The van der Waals surface area contributed by atoms with E-state index in [9.17, 15) is 0 Å². The first-order valence-electron chi connectivity index (χ1n) is 11.1. The third-order valence-electron chi connectivity index (χ3n) is 5.24. The fraction of sp³-hybridized carbons (Fsp3) is 0.870. The van der Waals surface area contributed by atoms with Gasteiger partial charge in [-0.2, -0.15) is 0 Å². The molecular formula is C23H43N5. The summed E-state index contributed by atoms with van der Waals surface area (Å²) in [6.07, 6.45) is 3.78. The highest BCUT2D eigenvalue weighted by molar-refractivity contribution is 5.87. The summed E-state index contributed by atoms with van der Waals surface area (Å²) in [7, 11) is 0. The van der Waals surface area contributed by atoms with Gasteiger partial charge in [0.25, 0.3) is 0 Å². The van der Waals surface area contributed by atoms with E-state index in [1.54, 1.807) is 0 Å². The highest BCUT2D eigenvalue weighted by Crippen LogP contribution is 2.41. The highest BCUT2D eigenvalue weighted by Gasteiger charge is 2.33. The normalized spacial score (nSPS) is 18.3. The van der Waals surface area contributed by atoms with Crippen molar-refractivity contribution in [1.29, 1.82) is 0 Å². The molecule has 5 heteroatoms. The Morgan fingerprint density at radius 2 is 1.46 bits per heavy atom. The molecule has 0 N–H and O–H groups in total. The van der Waals surface area contributed by atoms with Gasteiger partial charge in [0.1, 0.15) is 17.5 Å². The van der Waals surface area contributed by atoms with Crippen molar-refractivity contribution in [2.45, 2.75) is 112 Å². The summed E-state index contributed by atoms with van der Waals surface area (Å²) in [5.74, 6) is 4.29. The van der Waals surface area contributed by atoms with Crippen molar-refractivity contribution in [3.8, 4) is 0 Å². The highest BCUT2D eigenvalue weighted by atomic mass is 15.3. The number of hydrogen-bond donors (Lipinski definition) is 0. The maximum Gasteiger partial charge on any atom is 0.138 e. The zero-order valence-electron chi connectivity index (χ0n) is 20.0. The van der Waals surface area contributed by atoms with Crippen molar-refractivity contribution in [3.63, 3.8) is 0 Å². The molecule has 0 radical (unpaired) electrons. The summed E-state index contributed by atoms with van der Waals surface area (Å²) in [5.41, 5.74) is 0.287. The van der Waals surface area contributed by atoms with E-state index in [-0.39, 0.29) is 10.8 Å². The van der Waals surface area contributed by atoms with E-state index in [2.05, 4.69) is 93.9 Å². The quantitative estimate of drug-likeness (QED) is 0.678. The second-order valence-corrected chi connectivity index (χ2v) is 11.0. The zero-order chi connectivity index (χ0) is 21.3. The van der Waals surface area contributed by atoms with Gasteiger partial charge in [-0.1, -0.05) is 41.5 Å². The van der Waals surface area contributed by atoms with Crippen LogP contribution in [-0.4, -0.2) is 44.6 Å². The first kappa shape index (κ1) is 22.9. The molecule has 3 rings (SSSR count). The van der Waals surface area contributed by atoms with Crippen molar-refractivity contribution >= 4 is 5.84 Å². The van der Waals surface area contributed by atoms with Crippen molar-refractivity contribution in [1.82, 2.24) is 19.7 Å². The fourth-order valence-electron chi connectivity index (χ4n) is 3.74. The van der Waals surface area contributed by atoms with Gasteiger partial charge < -0.3 is 9.47 Å². The number of nitrogens with zero attached hydrogens (tertiary/aromatic N) is 5. The van der Waals surface area contributed by atoms with Gasteiger partial charge in [0.2, 0.25) is 0 Å². The second-order valence-electron chi connectivity index (χ2n) is 11.0. The molecule has 28 heavy (non-hydrogen) atoms. The first-order chi connectivity index (χ1) is 12.8. The summed E-state index contributed by atoms with van der Waals surface area (Å²) in [6.45, 7) is 24.4. The van der Waals surface area contributed by atoms with Crippen molar-refractivity contribution in [2.24, 2.45) is 10.4 Å². The smallest absolute Gasteiger partial charge is 0.138 e. The van der Waals surface area contributed by atoms with Crippen LogP contribution in [0, 0.1) is 5.41 Å². The number of aromatic nitrogens is 3. The lowest BCUT2D eigenvalue weighted by Crippen LogP contribution is -2.46. The van der Waals surface area contributed by atoms with Gasteiger partial charge in [-0.25, -0.2) is 0 Å². The molecule has 1 saturated carbocycles. The van der Waals surface area contributed by atoms with Crippen molar-refractivity contribution in [3.05, 3.63) is 11.6 Å². The lowest BCUT2D eigenvalue weighted by molar-refractivity contribution is 0.297. The van der Waals surface area contributed by atoms with Crippen LogP contribution in [0.25, 0.3) is 0 Å². The molecule has 1 aromatic rings. The Bertz CT molecular complexity index is 666. The summed E-state index contributed by atoms with van der Waals surface area (Å²) in [4.78, 5) is 7.08. The van der Waals surface area contributed by atoms with Crippen LogP contribution in [0.4, 0.5) is 0 Å². The molecule has 0 spiro atoms. The molecule has 2 aliphatic rings. The average molecular weight is 390 g/mol. The Morgan fingerprint density at radius 3 is 1.86 bits per heavy atom. The van der Waals surface area contributed by atoms with Gasteiger partial charge in [0.05, 0.1) is 0 Å². The van der Waals surface area contributed by atoms with E-state index in [0.717, 1.165) is 12.4 Å². The maximum absolute atomic E-state index is 4.65. The van der Waals surface area contributed by atoms with E-state index in [1.807, 2.05) is 0 Å². The topological polar surface area (TPSA) is 46.3 Å². The molecule has 5 nitrogen and oxygen atoms in total. The first-order valence-corrected chi connectivity index (χ1v) is 11.1. The predicted molar refractivity (Wildman–Crippen MR) is 119 cm³/mol. The molecule has 160 valence electrons. The van der Waals surface area contributed by atoms with Gasteiger partial charge >= 0.3 is 0 Å². The van der Waals surface area contributed by atoms with E-state index >= 15 is 0 Å². The molecule has 2 heterocycles. The minimum absolute atomic E-state index is 0.0877. The van der Waals surface area contributed by atoms with Crippen LogP contribution >= 0.6 is 0 Å². The summed E-state index contributed by atoms with van der Waals surface area (Å²) < 4.78 is 2.33. The van der Waals surface area contributed by atoms with Crippen LogP contribution < -0.4 is 0 Å². The number of rotatable bonds is 3. The monoisotopic (exact) mass is 389 g/mol. The zero-order valence-corrected chi connectivity index (χ0v) is 20.0. The van der Waals surface area contributed by atoms with Crippen molar-refractivity contribution in [2.75, 3.05) is 13.1 Å². The summed E-state index contributed by atoms with van der Waals surface area (Å²) in [6, 6.07) is 1.04. The van der Waals surface area contributed by atoms with E-state index < -0.39 is 0 Å². The molecule has 1 aromatic heterocycles. The summed E-state index contributed by atoms with van der Waals surface area (Å²) in [5, 5.41) is 8.76. The van der Waals surface area contributed by atoms with Gasteiger partial charge in [0.15, 0.2) is 0 Å². The summed E-state index contributed by atoms with van der Waals surface area (Å²) >= 11 is 0. The maximum atomic E-state index is 4.65. The van der Waals surface area contributed by atoms with Crippen LogP contribution in [0.15, 0.2) is 4.99 Å². The Labute approximate surface area is 173 Å². The van der Waals surface area contributed by atoms with Gasteiger partial charge in [-0.3, -0.25) is 4.99 Å². The van der Waals surface area contributed by atoms with Gasteiger partial charge in [-0.05, 0) is 47.0 Å². The lowest BCUT2D eigenvalue weighted by Gasteiger charge is -2.39. The molecule has 1 fully saturated rings. The van der Waals surface area contributed by atoms with Gasteiger partial charge in [0, 0.05) is 41.9 Å². The SMILES string of the molecule is CC(C)N1CCCN=C1C(C)(C)C.CC(C)n1c(C2CC2)nnc1C(C)(C)C. The Kier molecular flexibility index (Phi) is 6.99. The molecule has 0 bridgehead atoms. The van der Waals surface area contributed by atoms with E-state index in [1.165, 1.54) is 37.5 Å².